The maximum Gasteiger partial charge on any atom is 0.339 e. The molecule has 164 valence electrons. The fraction of sp³-hybridized carbons (Fsp3) is 0.0870. The van der Waals surface area contributed by atoms with Crippen molar-refractivity contribution in [3.05, 3.63) is 82.6 Å². The SMILES string of the molecule is COc1ccc(OC)c(C=C2Oc3cc(OS(=O)(=O)c4ccc(Cl)cc4)ccc3C2=O)c1. The van der Waals surface area contributed by atoms with Crippen LogP contribution in [-0.4, -0.2) is 28.4 Å². The quantitative estimate of drug-likeness (QED) is 0.378. The zero-order valence-corrected chi connectivity index (χ0v) is 18.6. The molecule has 0 saturated carbocycles. The number of fused-ring (bicyclic) bond motifs is 1. The van der Waals surface area contributed by atoms with Gasteiger partial charge >= 0.3 is 10.1 Å². The van der Waals surface area contributed by atoms with Gasteiger partial charge in [0.1, 0.15) is 27.9 Å². The number of rotatable bonds is 6. The van der Waals surface area contributed by atoms with Crippen molar-refractivity contribution >= 4 is 33.6 Å². The molecule has 0 amide bonds. The molecule has 1 aliphatic rings. The fourth-order valence-corrected chi connectivity index (χ4v) is 4.14. The van der Waals surface area contributed by atoms with Crippen LogP contribution in [0.3, 0.4) is 0 Å². The molecule has 3 aromatic rings. The predicted octanol–water partition coefficient (Wildman–Crippen LogP) is 4.74. The molecule has 0 spiro atoms. The number of ether oxygens (including phenoxy) is 3. The lowest BCUT2D eigenvalue weighted by Gasteiger charge is -2.08. The van der Waals surface area contributed by atoms with Gasteiger partial charge < -0.3 is 18.4 Å². The first-order valence-corrected chi connectivity index (χ1v) is 11.1. The summed E-state index contributed by atoms with van der Waals surface area (Å²) in [6.07, 6.45) is 1.54. The lowest BCUT2D eigenvalue weighted by atomic mass is 10.1. The summed E-state index contributed by atoms with van der Waals surface area (Å²) >= 11 is 5.80. The summed E-state index contributed by atoms with van der Waals surface area (Å²) in [5.41, 5.74) is 0.874. The van der Waals surface area contributed by atoms with Gasteiger partial charge in [0.05, 0.1) is 19.8 Å². The number of carbonyl (C=O) groups excluding carboxylic acids is 1. The summed E-state index contributed by atoms with van der Waals surface area (Å²) in [7, 11) is -1.04. The Morgan fingerprint density at radius 3 is 2.31 bits per heavy atom. The molecular weight excluding hydrogens is 456 g/mol. The zero-order valence-electron chi connectivity index (χ0n) is 17.0. The van der Waals surface area contributed by atoms with Crippen LogP contribution < -0.4 is 18.4 Å². The highest BCUT2D eigenvalue weighted by molar-refractivity contribution is 7.87. The van der Waals surface area contributed by atoms with Crippen molar-refractivity contribution in [1.82, 2.24) is 0 Å². The number of halogens is 1. The third-order valence-electron chi connectivity index (χ3n) is 4.67. The Morgan fingerprint density at radius 2 is 1.62 bits per heavy atom. The van der Waals surface area contributed by atoms with Crippen molar-refractivity contribution < 1.29 is 31.6 Å². The van der Waals surface area contributed by atoms with Crippen LogP contribution in [0.4, 0.5) is 0 Å². The van der Waals surface area contributed by atoms with Crippen LogP contribution in [-0.2, 0) is 10.1 Å². The van der Waals surface area contributed by atoms with Gasteiger partial charge in [-0.3, -0.25) is 4.79 Å². The summed E-state index contributed by atoms with van der Waals surface area (Å²) < 4.78 is 46.4. The van der Waals surface area contributed by atoms with Gasteiger partial charge in [-0.05, 0) is 60.7 Å². The number of ketones is 1. The summed E-state index contributed by atoms with van der Waals surface area (Å²) in [6, 6.07) is 14.9. The topological polar surface area (TPSA) is 88.1 Å². The van der Waals surface area contributed by atoms with Crippen LogP contribution in [0.15, 0.2) is 71.3 Å². The van der Waals surface area contributed by atoms with Crippen LogP contribution in [0.1, 0.15) is 15.9 Å². The monoisotopic (exact) mass is 472 g/mol. The van der Waals surface area contributed by atoms with Crippen LogP contribution in [0.5, 0.6) is 23.0 Å². The lowest BCUT2D eigenvalue weighted by molar-refractivity contribution is 0.101. The van der Waals surface area contributed by atoms with Gasteiger partial charge in [0.15, 0.2) is 5.76 Å². The minimum atomic E-state index is -4.08. The molecule has 0 atom stereocenters. The summed E-state index contributed by atoms with van der Waals surface area (Å²) in [5.74, 6) is 1.02. The van der Waals surface area contributed by atoms with Crippen LogP contribution in [0, 0.1) is 0 Å². The smallest absolute Gasteiger partial charge is 0.339 e. The maximum absolute atomic E-state index is 12.8. The van der Waals surface area contributed by atoms with E-state index in [1.807, 2.05) is 0 Å². The lowest BCUT2D eigenvalue weighted by Crippen LogP contribution is -2.09. The summed E-state index contributed by atoms with van der Waals surface area (Å²) in [4.78, 5) is 12.7. The molecule has 0 bridgehead atoms. The molecule has 0 aliphatic carbocycles. The van der Waals surface area contributed by atoms with E-state index in [2.05, 4.69) is 0 Å². The first-order valence-electron chi connectivity index (χ1n) is 9.31. The van der Waals surface area contributed by atoms with Crippen molar-refractivity contribution in [1.29, 1.82) is 0 Å². The average molecular weight is 473 g/mol. The highest BCUT2D eigenvalue weighted by atomic mass is 35.5. The standard InChI is InChI=1S/C23H17ClO7S/c1-28-16-6-10-20(29-2)14(11-16)12-22-23(25)19-9-5-17(13-21(19)30-22)31-32(26,27)18-7-3-15(24)4-8-18/h3-13H,1-2H3. The Bertz CT molecular complexity index is 1330. The normalized spacial score (nSPS) is 14.1. The molecule has 32 heavy (non-hydrogen) atoms. The minimum Gasteiger partial charge on any atom is -0.497 e. The second-order valence-corrected chi connectivity index (χ2v) is 8.68. The van der Waals surface area contributed by atoms with Gasteiger partial charge in [-0.2, -0.15) is 8.42 Å². The number of hydrogen-bond donors (Lipinski definition) is 0. The van der Waals surface area contributed by atoms with Crippen LogP contribution in [0.2, 0.25) is 5.02 Å². The van der Waals surface area contributed by atoms with Gasteiger partial charge in [0.2, 0.25) is 5.78 Å². The second-order valence-electron chi connectivity index (χ2n) is 6.70. The van der Waals surface area contributed by atoms with Crippen LogP contribution >= 0.6 is 11.6 Å². The molecule has 3 aromatic carbocycles. The van der Waals surface area contributed by atoms with Crippen molar-refractivity contribution in [2.45, 2.75) is 4.90 Å². The first-order chi connectivity index (χ1) is 15.3. The largest absolute Gasteiger partial charge is 0.497 e. The van der Waals surface area contributed by atoms with Crippen molar-refractivity contribution in [3.8, 4) is 23.0 Å². The minimum absolute atomic E-state index is 0.00621. The molecular formula is C23H17ClO7S. The summed E-state index contributed by atoms with van der Waals surface area (Å²) in [6.45, 7) is 0. The molecule has 0 N–H and O–H groups in total. The Balaban J connectivity index is 1.62. The molecule has 1 aliphatic heterocycles. The van der Waals surface area contributed by atoms with E-state index >= 15 is 0 Å². The third-order valence-corrected chi connectivity index (χ3v) is 6.19. The molecule has 9 heteroatoms. The van der Waals surface area contributed by atoms with Gasteiger partial charge in [-0.15, -0.1) is 0 Å². The average Bonchev–Trinajstić information content (AvgIpc) is 3.08. The maximum atomic E-state index is 12.8. The Hall–Kier alpha value is -3.49. The first kappa shape index (κ1) is 21.7. The highest BCUT2D eigenvalue weighted by Crippen LogP contribution is 2.37. The molecule has 1 heterocycles. The number of hydrogen-bond acceptors (Lipinski definition) is 7. The fourth-order valence-electron chi connectivity index (χ4n) is 3.09. The van der Waals surface area contributed by atoms with E-state index < -0.39 is 10.1 Å². The molecule has 0 aromatic heterocycles. The van der Waals surface area contributed by atoms with E-state index in [0.717, 1.165) is 0 Å². The number of allylic oxidation sites excluding steroid dienone is 1. The number of carbonyl (C=O) groups is 1. The molecule has 0 unspecified atom stereocenters. The number of Topliss-reactive ketones (excluding diaryl/α,β-unsaturated/α-hetero) is 1. The second kappa shape index (κ2) is 8.57. The Labute approximate surface area is 189 Å². The van der Waals surface area contributed by atoms with Gasteiger partial charge in [-0.1, -0.05) is 11.6 Å². The Kier molecular flexibility index (Phi) is 5.82. The van der Waals surface area contributed by atoms with E-state index in [1.165, 1.54) is 62.8 Å². The zero-order chi connectivity index (χ0) is 22.9. The van der Waals surface area contributed by atoms with Gasteiger partial charge in [0, 0.05) is 16.7 Å². The highest BCUT2D eigenvalue weighted by Gasteiger charge is 2.29. The molecule has 0 saturated heterocycles. The Morgan fingerprint density at radius 1 is 0.906 bits per heavy atom. The number of methoxy groups -OCH3 is 2. The molecule has 0 fully saturated rings. The van der Waals surface area contributed by atoms with Crippen molar-refractivity contribution in [3.63, 3.8) is 0 Å². The van der Waals surface area contributed by atoms with Crippen molar-refractivity contribution in [2.24, 2.45) is 0 Å². The van der Waals surface area contributed by atoms with Crippen LogP contribution in [0.25, 0.3) is 6.08 Å². The molecule has 7 nitrogen and oxygen atoms in total. The third kappa shape index (κ3) is 4.28. The number of benzene rings is 3. The van der Waals surface area contributed by atoms with Gasteiger partial charge in [0.25, 0.3) is 0 Å². The van der Waals surface area contributed by atoms with Gasteiger partial charge in [-0.25, -0.2) is 0 Å². The van der Waals surface area contributed by atoms with E-state index in [4.69, 9.17) is 30.0 Å². The van der Waals surface area contributed by atoms with Crippen molar-refractivity contribution in [2.75, 3.05) is 14.2 Å². The van der Waals surface area contributed by atoms with E-state index in [1.54, 1.807) is 18.2 Å². The van der Waals surface area contributed by atoms with E-state index in [0.29, 0.717) is 22.1 Å². The van der Waals surface area contributed by atoms with E-state index in [-0.39, 0.29) is 33.5 Å². The summed E-state index contributed by atoms with van der Waals surface area (Å²) in [5, 5.41) is 0.403. The molecule has 4 rings (SSSR count). The molecule has 0 radical (unpaired) electrons. The predicted molar refractivity (Wildman–Crippen MR) is 118 cm³/mol. The van der Waals surface area contributed by atoms with E-state index in [9.17, 15) is 13.2 Å².